The fraction of sp³-hybridized carbons (Fsp3) is 0.100. The first kappa shape index (κ1) is 13.4. The van der Waals surface area contributed by atoms with Crippen molar-refractivity contribution < 1.29 is 4.74 Å². The lowest BCUT2D eigenvalue weighted by molar-refractivity contribution is 0.476. The summed E-state index contributed by atoms with van der Waals surface area (Å²) in [4.78, 5) is 4.85. The first-order valence-corrected chi connectivity index (χ1v) is 7.34. The summed E-state index contributed by atoms with van der Waals surface area (Å²) in [6.07, 6.45) is 0. The van der Waals surface area contributed by atoms with E-state index in [2.05, 4.69) is 20.9 Å². The van der Waals surface area contributed by atoms with Gasteiger partial charge in [0.25, 0.3) is 5.19 Å². The normalized spacial score (nSPS) is 10.6. The van der Waals surface area contributed by atoms with E-state index in [9.17, 15) is 0 Å². The second-order valence-corrected chi connectivity index (χ2v) is 5.97. The van der Waals surface area contributed by atoms with Gasteiger partial charge in [-0.3, -0.25) is 0 Å². The van der Waals surface area contributed by atoms with E-state index in [0.29, 0.717) is 27.0 Å². The van der Waals surface area contributed by atoms with E-state index >= 15 is 0 Å². The van der Waals surface area contributed by atoms with Crippen molar-refractivity contribution in [1.82, 2.24) is 4.98 Å². The van der Waals surface area contributed by atoms with Gasteiger partial charge in [-0.15, -0.1) is 11.6 Å². The molecule has 0 bridgehead atoms. The fourth-order valence-electron chi connectivity index (χ4n) is 1.09. The fourth-order valence-corrected chi connectivity index (χ4v) is 3.19. The minimum atomic E-state index is 0.321. The maximum Gasteiger partial charge on any atom is 0.280 e. The highest BCUT2D eigenvalue weighted by molar-refractivity contribution is 9.10. The third-order valence-corrected chi connectivity index (χ3v) is 4.48. The van der Waals surface area contributed by atoms with Crippen LogP contribution in [0, 0.1) is 0 Å². The zero-order chi connectivity index (χ0) is 12.4. The first-order valence-electron chi connectivity index (χ1n) is 4.44. The van der Waals surface area contributed by atoms with Gasteiger partial charge < -0.3 is 4.74 Å². The van der Waals surface area contributed by atoms with Gasteiger partial charge in [-0.1, -0.05) is 34.5 Å². The van der Waals surface area contributed by atoms with Crippen molar-refractivity contribution in [3.8, 4) is 10.9 Å². The van der Waals surface area contributed by atoms with Crippen molar-refractivity contribution in [2.75, 3.05) is 0 Å². The van der Waals surface area contributed by atoms with Crippen molar-refractivity contribution >= 4 is 62.1 Å². The number of halogens is 4. The Hall–Kier alpha value is -0.000000000000000111. The summed E-state index contributed by atoms with van der Waals surface area (Å²) in [7, 11) is 0. The zero-order valence-corrected chi connectivity index (χ0v) is 12.9. The van der Waals surface area contributed by atoms with Crippen LogP contribution in [-0.2, 0) is 5.88 Å². The van der Waals surface area contributed by atoms with Crippen LogP contribution in [0.15, 0.2) is 22.7 Å². The van der Waals surface area contributed by atoms with E-state index in [-0.39, 0.29) is 0 Å². The molecule has 90 valence electrons. The second-order valence-electron chi connectivity index (χ2n) is 3.00. The van der Waals surface area contributed by atoms with Crippen LogP contribution < -0.4 is 4.74 Å². The van der Waals surface area contributed by atoms with Crippen LogP contribution in [-0.4, -0.2) is 4.98 Å². The Morgan fingerprint density at radius 2 is 2.12 bits per heavy atom. The highest BCUT2D eigenvalue weighted by Crippen LogP contribution is 2.36. The Labute approximate surface area is 126 Å². The topological polar surface area (TPSA) is 22.1 Å². The van der Waals surface area contributed by atoms with Gasteiger partial charge in [0, 0.05) is 5.02 Å². The molecule has 0 saturated carbocycles. The average molecular weight is 373 g/mol. The molecular weight excluding hydrogens is 368 g/mol. The zero-order valence-electron chi connectivity index (χ0n) is 8.21. The molecule has 0 atom stereocenters. The number of thiazole rings is 1. The minimum Gasteiger partial charge on any atom is -0.430 e. The summed E-state index contributed by atoms with van der Waals surface area (Å²) in [5.74, 6) is 0.947. The smallest absolute Gasteiger partial charge is 0.280 e. The Morgan fingerprint density at radius 3 is 2.71 bits per heavy atom. The van der Waals surface area contributed by atoms with Crippen LogP contribution in [0.25, 0.3) is 0 Å². The Kier molecular flexibility index (Phi) is 4.55. The number of rotatable bonds is 3. The van der Waals surface area contributed by atoms with Crippen LogP contribution >= 0.6 is 62.1 Å². The van der Waals surface area contributed by atoms with E-state index in [1.54, 1.807) is 18.2 Å². The van der Waals surface area contributed by atoms with Gasteiger partial charge in [-0.25, -0.2) is 0 Å². The quantitative estimate of drug-likeness (QED) is 0.640. The molecule has 2 nitrogen and oxygen atoms in total. The van der Waals surface area contributed by atoms with E-state index in [0.717, 1.165) is 9.35 Å². The molecule has 0 saturated heterocycles. The molecule has 2 aromatic rings. The van der Waals surface area contributed by atoms with E-state index in [1.807, 2.05) is 0 Å². The molecule has 1 heterocycles. The molecule has 7 heteroatoms. The lowest BCUT2D eigenvalue weighted by atomic mass is 10.3. The van der Waals surface area contributed by atoms with Crippen LogP contribution in [0.1, 0.15) is 4.88 Å². The molecule has 0 fully saturated rings. The number of benzene rings is 1. The summed E-state index contributed by atoms with van der Waals surface area (Å²) >= 11 is 22.1. The van der Waals surface area contributed by atoms with E-state index in [4.69, 9.17) is 39.5 Å². The van der Waals surface area contributed by atoms with Crippen molar-refractivity contribution in [3.05, 3.63) is 37.7 Å². The number of hydrogen-bond donors (Lipinski definition) is 0. The molecule has 0 spiro atoms. The van der Waals surface area contributed by atoms with Crippen LogP contribution in [0.2, 0.25) is 10.2 Å². The first-order chi connectivity index (χ1) is 8.10. The molecule has 0 amide bonds. The molecule has 0 N–H and O–H groups in total. The molecular formula is C10H5BrCl3NOS. The third kappa shape index (κ3) is 3.26. The van der Waals surface area contributed by atoms with Gasteiger partial charge in [-0.2, -0.15) is 4.98 Å². The molecule has 1 aromatic carbocycles. The minimum absolute atomic E-state index is 0.321. The second kappa shape index (κ2) is 5.76. The van der Waals surface area contributed by atoms with Crippen molar-refractivity contribution in [2.24, 2.45) is 0 Å². The number of hydrogen-bond acceptors (Lipinski definition) is 3. The SMILES string of the molecule is ClCc1sc(Oc2ccc(Cl)cc2Br)nc1Cl. The van der Waals surface area contributed by atoms with Gasteiger partial charge >= 0.3 is 0 Å². The predicted molar refractivity (Wildman–Crippen MR) is 75.9 cm³/mol. The highest BCUT2D eigenvalue weighted by Gasteiger charge is 2.11. The molecule has 0 radical (unpaired) electrons. The number of nitrogens with zero attached hydrogens (tertiary/aromatic N) is 1. The third-order valence-electron chi connectivity index (χ3n) is 1.84. The average Bonchev–Trinajstić information content (AvgIpc) is 2.63. The van der Waals surface area contributed by atoms with Gasteiger partial charge in [0.2, 0.25) is 0 Å². The summed E-state index contributed by atoms with van der Waals surface area (Å²) in [6, 6.07) is 5.23. The lowest BCUT2D eigenvalue weighted by Gasteiger charge is -2.03. The monoisotopic (exact) mass is 371 g/mol. The molecule has 2 rings (SSSR count). The van der Waals surface area contributed by atoms with Crippen molar-refractivity contribution in [2.45, 2.75) is 5.88 Å². The Morgan fingerprint density at radius 1 is 1.35 bits per heavy atom. The molecule has 0 aliphatic heterocycles. The molecule has 0 unspecified atom stereocenters. The van der Waals surface area contributed by atoms with Gasteiger partial charge in [-0.05, 0) is 34.1 Å². The van der Waals surface area contributed by atoms with Gasteiger partial charge in [0.1, 0.15) is 10.9 Å². The maximum absolute atomic E-state index is 5.88. The van der Waals surface area contributed by atoms with Crippen molar-refractivity contribution in [1.29, 1.82) is 0 Å². The summed E-state index contributed by atoms with van der Waals surface area (Å²) in [5.41, 5.74) is 0. The van der Waals surface area contributed by atoms with E-state index < -0.39 is 0 Å². The lowest BCUT2D eigenvalue weighted by Crippen LogP contribution is -1.84. The standard InChI is InChI=1S/C10H5BrCl3NOS/c11-6-3-5(13)1-2-7(6)16-10-15-9(14)8(4-12)17-10/h1-3H,4H2. The summed E-state index contributed by atoms with van der Waals surface area (Å²) < 4.78 is 6.34. The highest BCUT2D eigenvalue weighted by atomic mass is 79.9. The molecule has 1 aromatic heterocycles. The summed E-state index contributed by atoms with van der Waals surface area (Å²) in [5, 5.41) is 1.46. The molecule has 17 heavy (non-hydrogen) atoms. The largest absolute Gasteiger partial charge is 0.430 e. The maximum atomic E-state index is 5.88. The number of alkyl halides is 1. The van der Waals surface area contributed by atoms with Crippen LogP contribution in [0.3, 0.4) is 0 Å². The predicted octanol–water partition coefficient (Wildman–Crippen LogP) is 5.74. The Balaban J connectivity index is 2.25. The number of aromatic nitrogens is 1. The summed E-state index contributed by atoms with van der Waals surface area (Å²) in [6.45, 7) is 0. The van der Waals surface area contributed by atoms with E-state index in [1.165, 1.54) is 11.3 Å². The van der Waals surface area contributed by atoms with Gasteiger partial charge in [0.05, 0.1) is 15.2 Å². The van der Waals surface area contributed by atoms with Crippen LogP contribution in [0.5, 0.6) is 10.9 Å². The molecule has 0 aliphatic rings. The molecule has 0 aliphatic carbocycles. The Bertz CT molecular complexity index is 546. The van der Waals surface area contributed by atoms with Crippen LogP contribution in [0.4, 0.5) is 0 Å². The van der Waals surface area contributed by atoms with Crippen molar-refractivity contribution in [3.63, 3.8) is 0 Å². The van der Waals surface area contributed by atoms with Gasteiger partial charge in [0.15, 0.2) is 0 Å². The number of ether oxygens (including phenoxy) is 1.